The number of fused-ring (bicyclic) bond motifs is 1. The predicted octanol–water partition coefficient (Wildman–Crippen LogP) is 5.77. The van der Waals surface area contributed by atoms with Crippen molar-refractivity contribution in [1.82, 2.24) is 0 Å². The summed E-state index contributed by atoms with van der Waals surface area (Å²) in [7, 11) is 1.43. The van der Waals surface area contributed by atoms with E-state index in [1.807, 2.05) is 18.2 Å². The van der Waals surface area contributed by atoms with Crippen LogP contribution in [0.25, 0.3) is 0 Å². The van der Waals surface area contributed by atoms with Gasteiger partial charge in [-0.3, -0.25) is 0 Å². The normalized spacial score (nSPS) is 16.2. The molecule has 1 unspecified atom stereocenters. The fourth-order valence-electron chi connectivity index (χ4n) is 3.66. The quantitative estimate of drug-likeness (QED) is 0.492. The van der Waals surface area contributed by atoms with Crippen molar-refractivity contribution in [2.45, 2.75) is 52.4 Å². The molecule has 0 radical (unpaired) electrons. The number of ether oxygens (including phenoxy) is 1. The van der Waals surface area contributed by atoms with E-state index in [0.29, 0.717) is 16.6 Å². The molecule has 1 aromatic heterocycles. The number of anilines is 2. The first kappa shape index (κ1) is 20.8. The van der Waals surface area contributed by atoms with Crippen LogP contribution in [0.5, 0.6) is 0 Å². The molecule has 2 N–H and O–H groups in total. The van der Waals surface area contributed by atoms with E-state index in [0.717, 1.165) is 35.5 Å². The van der Waals surface area contributed by atoms with Crippen LogP contribution in [0, 0.1) is 5.92 Å². The molecule has 2 aromatic rings. The monoisotopic (exact) mass is 416 g/mol. The Morgan fingerprint density at radius 2 is 1.96 bits per heavy atom. The standard InChI is InChI=1S/C22H28N2O2S2/c1-13-10-11-14-17(12-13)28-19(18(14)20(25)26-5)24-21(27)23-16-9-7-6-8-15(16)22(2,3)4/h6-9,13H,10-12H2,1-5H3,(H2,23,24,27). The molecule has 28 heavy (non-hydrogen) atoms. The summed E-state index contributed by atoms with van der Waals surface area (Å²) in [6, 6.07) is 8.16. The van der Waals surface area contributed by atoms with Crippen LogP contribution in [0.4, 0.5) is 10.7 Å². The lowest BCUT2D eigenvalue weighted by atomic mass is 9.86. The second-order valence-corrected chi connectivity index (χ2v) is 9.94. The van der Waals surface area contributed by atoms with Gasteiger partial charge in [0.05, 0.1) is 12.7 Å². The number of carbonyl (C=O) groups is 1. The number of para-hydroxylation sites is 1. The first-order valence-corrected chi connectivity index (χ1v) is 10.8. The molecule has 1 aliphatic rings. The molecule has 6 heteroatoms. The van der Waals surface area contributed by atoms with Gasteiger partial charge >= 0.3 is 5.97 Å². The molecule has 0 saturated heterocycles. The Morgan fingerprint density at radius 3 is 2.64 bits per heavy atom. The molecular weight excluding hydrogens is 388 g/mol. The Balaban J connectivity index is 1.86. The van der Waals surface area contributed by atoms with Gasteiger partial charge in [-0.05, 0) is 60.0 Å². The zero-order valence-corrected chi connectivity index (χ0v) is 18.8. The number of nitrogens with one attached hydrogen (secondary N) is 2. The number of carbonyl (C=O) groups excluding carboxylic acids is 1. The summed E-state index contributed by atoms with van der Waals surface area (Å²) in [6.45, 7) is 8.78. The third-order valence-corrected chi connectivity index (χ3v) is 6.49. The molecule has 4 nitrogen and oxygen atoms in total. The van der Waals surface area contributed by atoms with Gasteiger partial charge in [-0.2, -0.15) is 0 Å². The van der Waals surface area contributed by atoms with E-state index < -0.39 is 0 Å². The lowest BCUT2D eigenvalue weighted by molar-refractivity contribution is 0.0601. The largest absolute Gasteiger partial charge is 0.465 e. The van der Waals surface area contributed by atoms with Crippen molar-refractivity contribution >= 4 is 45.3 Å². The summed E-state index contributed by atoms with van der Waals surface area (Å²) >= 11 is 7.20. The van der Waals surface area contributed by atoms with Gasteiger partial charge in [0.15, 0.2) is 5.11 Å². The minimum absolute atomic E-state index is 0.00541. The van der Waals surface area contributed by atoms with Crippen LogP contribution < -0.4 is 10.6 Å². The second kappa shape index (κ2) is 8.21. The van der Waals surface area contributed by atoms with Crippen LogP contribution in [0.15, 0.2) is 24.3 Å². The van der Waals surface area contributed by atoms with Gasteiger partial charge < -0.3 is 15.4 Å². The Morgan fingerprint density at radius 1 is 1.25 bits per heavy atom. The minimum atomic E-state index is -0.299. The first-order valence-electron chi connectivity index (χ1n) is 9.61. The van der Waals surface area contributed by atoms with Gasteiger partial charge in [0.1, 0.15) is 5.00 Å². The zero-order chi connectivity index (χ0) is 20.5. The van der Waals surface area contributed by atoms with E-state index >= 15 is 0 Å². The smallest absolute Gasteiger partial charge is 0.341 e. The van der Waals surface area contributed by atoms with E-state index in [9.17, 15) is 4.79 Å². The molecule has 1 heterocycles. The van der Waals surface area contributed by atoms with Crippen molar-refractivity contribution in [3.63, 3.8) is 0 Å². The Bertz CT molecular complexity index is 896. The van der Waals surface area contributed by atoms with Gasteiger partial charge in [0, 0.05) is 10.6 Å². The molecule has 3 rings (SSSR count). The number of esters is 1. The van der Waals surface area contributed by atoms with Gasteiger partial charge in [0.25, 0.3) is 0 Å². The maximum absolute atomic E-state index is 12.5. The van der Waals surface area contributed by atoms with Crippen molar-refractivity contribution in [3.8, 4) is 0 Å². The van der Waals surface area contributed by atoms with Crippen LogP contribution in [-0.4, -0.2) is 18.2 Å². The van der Waals surface area contributed by atoms with Gasteiger partial charge in [-0.1, -0.05) is 45.9 Å². The zero-order valence-electron chi connectivity index (χ0n) is 17.1. The van der Waals surface area contributed by atoms with E-state index in [1.165, 1.54) is 17.6 Å². The van der Waals surface area contributed by atoms with Crippen LogP contribution in [0.3, 0.4) is 0 Å². The molecule has 0 amide bonds. The van der Waals surface area contributed by atoms with Crippen molar-refractivity contribution in [1.29, 1.82) is 0 Å². The highest BCUT2D eigenvalue weighted by atomic mass is 32.1. The van der Waals surface area contributed by atoms with Crippen molar-refractivity contribution < 1.29 is 9.53 Å². The maximum Gasteiger partial charge on any atom is 0.341 e. The van der Waals surface area contributed by atoms with E-state index in [1.54, 1.807) is 11.3 Å². The molecule has 0 aliphatic heterocycles. The molecule has 1 atom stereocenters. The molecular formula is C22H28N2O2S2. The molecule has 0 fully saturated rings. The third kappa shape index (κ3) is 4.39. The Kier molecular flexibility index (Phi) is 6.10. The number of rotatable bonds is 3. The van der Waals surface area contributed by atoms with Crippen molar-refractivity contribution in [2.75, 3.05) is 17.7 Å². The van der Waals surface area contributed by atoms with E-state index in [-0.39, 0.29) is 11.4 Å². The first-order chi connectivity index (χ1) is 13.2. The second-order valence-electron chi connectivity index (χ2n) is 8.42. The topological polar surface area (TPSA) is 50.4 Å². The average molecular weight is 417 g/mol. The summed E-state index contributed by atoms with van der Waals surface area (Å²) in [5.41, 5.74) is 3.92. The lowest BCUT2D eigenvalue weighted by Crippen LogP contribution is -2.23. The van der Waals surface area contributed by atoms with Gasteiger partial charge in [-0.25, -0.2) is 4.79 Å². The van der Waals surface area contributed by atoms with E-state index in [2.05, 4.69) is 44.4 Å². The lowest BCUT2D eigenvalue weighted by Gasteiger charge is -2.23. The minimum Gasteiger partial charge on any atom is -0.465 e. The number of methoxy groups -OCH3 is 1. The van der Waals surface area contributed by atoms with Crippen molar-refractivity contribution in [3.05, 3.63) is 45.8 Å². The Labute approximate surface area is 176 Å². The predicted molar refractivity (Wildman–Crippen MR) is 122 cm³/mol. The molecule has 0 bridgehead atoms. The average Bonchev–Trinajstić information content (AvgIpc) is 2.97. The highest BCUT2D eigenvalue weighted by molar-refractivity contribution is 7.80. The summed E-state index contributed by atoms with van der Waals surface area (Å²) < 4.78 is 5.06. The number of benzene rings is 1. The van der Waals surface area contributed by atoms with Crippen LogP contribution in [-0.2, 0) is 23.0 Å². The van der Waals surface area contributed by atoms with Crippen LogP contribution in [0.1, 0.15) is 60.5 Å². The summed E-state index contributed by atoms with van der Waals surface area (Å²) in [5, 5.41) is 7.83. The molecule has 0 spiro atoms. The highest BCUT2D eigenvalue weighted by Gasteiger charge is 2.28. The highest BCUT2D eigenvalue weighted by Crippen LogP contribution is 2.40. The summed E-state index contributed by atoms with van der Waals surface area (Å²) in [5.74, 6) is 0.334. The molecule has 1 aromatic carbocycles. The SMILES string of the molecule is COC(=O)c1c(NC(=S)Nc2ccccc2C(C)(C)C)sc2c1CCC(C)C2. The van der Waals surface area contributed by atoms with Gasteiger partial charge in [-0.15, -0.1) is 11.3 Å². The molecule has 150 valence electrons. The van der Waals surface area contributed by atoms with E-state index in [4.69, 9.17) is 17.0 Å². The van der Waals surface area contributed by atoms with Crippen molar-refractivity contribution in [2.24, 2.45) is 5.92 Å². The Hall–Kier alpha value is -1.92. The van der Waals surface area contributed by atoms with Crippen LogP contribution in [0.2, 0.25) is 0 Å². The summed E-state index contributed by atoms with van der Waals surface area (Å²) in [6.07, 6.45) is 3.00. The number of hydrogen-bond donors (Lipinski definition) is 2. The molecule has 1 aliphatic carbocycles. The van der Waals surface area contributed by atoms with Gasteiger partial charge in [0.2, 0.25) is 0 Å². The maximum atomic E-state index is 12.5. The fraction of sp³-hybridized carbons (Fsp3) is 0.455. The summed E-state index contributed by atoms with van der Waals surface area (Å²) in [4.78, 5) is 13.7. The molecule has 0 saturated carbocycles. The van der Waals surface area contributed by atoms with Crippen LogP contribution >= 0.6 is 23.6 Å². The number of hydrogen-bond acceptors (Lipinski definition) is 4. The fourth-order valence-corrected chi connectivity index (χ4v) is 5.34. The number of thiophene rings is 1. The number of thiocarbonyl (C=S) groups is 1. The third-order valence-electron chi connectivity index (χ3n) is 5.11.